The molecule has 0 bridgehead atoms. The lowest BCUT2D eigenvalue weighted by molar-refractivity contribution is -0.140. The number of likely N-dealkylation sites (N-methyl/N-ethyl adjacent to an activating group) is 1. The second kappa shape index (κ2) is 10.1. The Balaban J connectivity index is 2.04. The summed E-state index contributed by atoms with van der Waals surface area (Å²) in [5.74, 6) is -0.380. The van der Waals surface area contributed by atoms with E-state index < -0.39 is 0 Å². The topological polar surface area (TPSA) is 69.7 Å². The summed E-state index contributed by atoms with van der Waals surface area (Å²) in [6.07, 6.45) is 2.47. The standard InChI is InChI=1S/C21H31N3O3/c1-4-24(5-2)21(27)17-12-9-13-18(15-23(3)19(25)14-17)22-20(26)16-10-7-6-8-11-16/h6-8,10-11,17-18H,4-5,9,12-15H2,1-3H3,(H,22,26)/t17-,18-/m1/s1. The van der Waals surface area contributed by atoms with Gasteiger partial charge in [0.05, 0.1) is 0 Å². The number of carbonyl (C=O) groups is 3. The summed E-state index contributed by atoms with van der Waals surface area (Å²) in [7, 11) is 1.74. The summed E-state index contributed by atoms with van der Waals surface area (Å²) in [5.41, 5.74) is 0.612. The minimum Gasteiger partial charge on any atom is -0.348 e. The molecule has 0 spiro atoms. The molecule has 148 valence electrons. The molecular formula is C21H31N3O3. The monoisotopic (exact) mass is 373 g/mol. The molecule has 0 aromatic heterocycles. The van der Waals surface area contributed by atoms with Crippen LogP contribution in [0.4, 0.5) is 0 Å². The Bertz CT molecular complexity index is 643. The molecule has 1 aliphatic heterocycles. The van der Waals surface area contributed by atoms with Gasteiger partial charge in [-0.3, -0.25) is 14.4 Å². The minimum absolute atomic E-state index is 0.0404. The van der Waals surface area contributed by atoms with E-state index in [1.54, 1.807) is 29.0 Å². The Morgan fingerprint density at radius 1 is 1.15 bits per heavy atom. The zero-order valence-electron chi connectivity index (χ0n) is 16.6. The zero-order valence-corrected chi connectivity index (χ0v) is 16.6. The van der Waals surface area contributed by atoms with E-state index >= 15 is 0 Å². The normalized spacial score (nSPS) is 21.0. The Labute approximate surface area is 161 Å². The third kappa shape index (κ3) is 5.81. The van der Waals surface area contributed by atoms with Crippen LogP contribution in [0.2, 0.25) is 0 Å². The Kier molecular flexibility index (Phi) is 7.82. The highest BCUT2D eigenvalue weighted by atomic mass is 16.2. The highest BCUT2D eigenvalue weighted by molar-refractivity contribution is 5.94. The molecule has 0 aliphatic carbocycles. The van der Waals surface area contributed by atoms with Gasteiger partial charge < -0.3 is 15.1 Å². The van der Waals surface area contributed by atoms with Gasteiger partial charge in [-0.2, -0.15) is 0 Å². The minimum atomic E-state index is -0.275. The maximum absolute atomic E-state index is 12.7. The average molecular weight is 373 g/mol. The van der Waals surface area contributed by atoms with Gasteiger partial charge in [0, 0.05) is 50.6 Å². The molecule has 0 saturated carbocycles. The zero-order chi connectivity index (χ0) is 19.8. The molecule has 1 fully saturated rings. The van der Waals surface area contributed by atoms with E-state index in [2.05, 4.69) is 5.32 Å². The predicted molar refractivity (Wildman–Crippen MR) is 105 cm³/mol. The smallest absolute Gasteiger partial charge is 0.251 e. The van der Waals surface area contributed by atoms with Gasteiger partial charge >= 0.3 is 0 Å². The van der Waals surface area contributed by atoms with E-state index in [1.165, 1.54) is 0 Å². The Morgan fingerprint density at radius 3 is 2.44 bits per heavy atom. The van der Waals surface area contributed by atoms with Crippen LogP contribution in [0.1, 0.15) is 49.9 Å². The Hall–Kier alpha value is -2.37. The first-order valence-electron chi connectivity index (χ1n) is 9.84. The van der Waals surface area contributed by atoms with Gasteiger partial charge in [-0.25, -0.2) is 0 Å². The fourth-order valence-corrected chi connectivity index (χ4v) is 3.58. The van der Waals surface area contributed by atoms with Gasteiger partial charge in [-0.15, -0.1) is 0 Å². The van der Waals surface area contributed by atoms with Crippen molar-refractivity contribution in [3.63, 3.8) is 0 Å². The Morgan fingerprint density at radius 2 is 1.81 bits per heavy atom. The van der Waals surface area contributed by atoms with E-state index in [-0.39, 0.29) is 36.1 Å². The van der Waals surface area contributed by atoms with E-state index in [0.29, 0.717) is 31.6 Å². The summed E-state index contributed by atoms with van der Waals surface area (Å²) < 4.78 is 0. The highest BCUT2D eigenvalue weighted by Crippen LogP contribution is 2.21. The second-order valence-electron chi connectivity index (χ2n) is 7.15. The van der Waals surface area contributed by atoms with Crippen molar-refractivity contribution in [2.24, 2.45) is 5.92 Å². The van der Waals surface area contributed by atoms with Crippen LogP contribution < -0.4 is 5.32 Å². The molecular weight excluding hydrogens is 342 g/mol. The van der Waals surface area contributed by atoms with Gasteiger partial charge in [0.1, 0.15) is 0 Å². The average Bonchev–Trinajstić information content (AvgIpc) is 2.74. The van der Waals surface area contributed by atoms with Gasteiger partial charge in [-0.1, -0.05) is 24.6 Å². The van der Waals surface area contributed by atoms with E-state index in [4.69, 9.17) is 0 Å². The van der Waals surface area contributed by atoms with Crippen LogP contribution in [0.15, 0.2) is 30.3 Å². The lowest BCUT2D eigenvalue weighted by Gasteiger charge is -2.26. The molecule has 1 saturated heterocycles. The number of nitrogens with zero attached hydrogens (tertiary/aromatic N) is 2. The first kappa shape index (κ1) is 20.9. The first-order valence-corrected chi connectivity index (χ1v) is 9.84. The van der Waals surface area contributed by atoms with Crippen molar-refractivity contribution in [2.75, 3.05) is 26.7 Å². The number of carbonyl (C=O) groups excluding carboxylic acids is 3. The van der Waals surface area contributed by atoms with Crippen LogP contribution in [0.25, 0.3) is 0 Å². The number of hydrogen-bond donors (Lipinski definition) is 1. The number of benzene rings is 1. The fourth-order valence-electron chi connectivity index (χ4n) is 3.58. The second-order valence-corrected chi connectivity index (χ2v) is 7.15. The van der Waals surface area contributed by atoms with Gasteiger partial charge in [0.25, 0.3) is 5.91 Å². The third-order valence-corrected chi connectivity index (χ3v) is 5.24. The molecule has 1 aromatic rings. The summed E-state index contributed by atoms with van der Waals surface area (Å²) in [4.78, 5) is 41.2. The number of amides is 3. The lowest BCUT2D eigenvalue weighted by atomic mass is 9.95. The number of rotatable bonds is 5. The molecule has 1 N–H and O–H groups in total. The first-order chi connectivity index (χ1) is 13.0. The van der Waals surface area contributed by atoms with Gasteiger partial charge in [0.15, 0.2) is 0 Å². The van der Waals surface area contributed by atoms with Crippen molar-refractivity contribution in [1.82, 2.24) is 15.1 Å². The van der Waals surface area contributed by atoms with Crippen LogP contribution in [-0.2, 0) is 9.59 Å². The molecule has 3 amide bonds. The van der Waals surface area contributed by atoms with Crippen molar-refractivity contribution < 1.29 is 14.4 Å². The summed E-state index contributed by atoms with van der Waals surface area (Å²) >= 11 is 0. The van der Waals surface area contributed by atoms with Crippen molar-refractivity contribution in [1.29, 1.82) is 0 Å². The number of nitrogens with one attached hydrogen (secondary N) is 1. The molecule has 0 radical (unpaired) electrons. The third-order valence-electron chi connectivity index (χ3n) is 5.24. The van der Waals surface area contributed by atoms with Gasteiger partial charge in [-0.05, 0) is 38.8 Å². The molecule has 6 heteroatoms. The quantitative estimate of drug-likeness (QED) is 0.861. The van der Waals surface area contributed by atoms with Crippen molar-refractivity contribution in [3.8, 4) is 0 Å². The van der Waals surface area contributed by atoms with E-state index in [0.717, 1.165) is 12.8 Å². The van der Waals surface area contributed by atoms with Crippen LogP contribution in [0, 0.1) is 5.92 Å². The maximum Gasteiger partial charge on any atom is 0.251 e. The molecule has 2 atom stereocenters. The SMILES string of the molecule is CCN(CC)C(=O)[C@@H]1CCC[C@@H](NC(=O)c2ccccc2)CN(C)C(=O)C1. The summed E-state index contributed by atoms with van der Waals surface area (Å²) in [5, 5.41) is 3.04. The van der Waals surface area contributed by atoms with Crippen LogP contribution >= 0.6 is 0 Å². The lowest BCUT2D eigenvalue weighted by Crippen LogP contribution is -2.44. The van der Waals surface area contributed by atoms with E-state index in [1.807, 2.05) is 32.0 Å². The van der Waals surface area contributed by atoms with Crippen molar-refractivity contribution >= 4 is 17.7 Å². The molecule has 1 heterocycles. The molecule has 6 nitrogen and oxygen atoms in total. The fraction of sp³-hybridized carbons (Fsp3) is 0.571. The van der Waals surface area contributed by atoms with Crippen LogP contribution in [-0.4, -0.2) is 60.2 Å². The van der Waals surface area contributed by atoms with Gasteiger partial charge in [0.2, 0.25) is 11.8 Å². The predicted octanol–water partition coefficient (Wildman–Crippen LogP) is 2.30. The maximum atomic E-state index is 12.7. The summed E-state index contributed by atoms with van der Waals surface area (Å²) in [6.45, 7) is 5.69. The highest BCUT2D eigenvalue weighted by Gasteiger charge is 2.29. The van der Waals surface area contributed by atoms with Crippen LogP contribution in [0.5, 0.6) is 0 Å². The van der Waals surface area contributed by atoms with Crippen LogP contribution in [0.3, 0.4) is 0 Å². The molecule has 1 aliphatic rings. The number of hydrogen-bond acceptors (Lipinski definition) is 3. The van der Waals surface area contributed by atoms with Crippen molar-refractivity contribution in [3.05, 3.63) is 35.9 Å². The molecule has 27 heavy (non-hydrogen) atoms. The van der Waals surface area contributed by atoms with E-state index in [9.17, 15) is 14.4 Å². The largest absolute Gasteiger partial charge is 0.348 e. The molecule has 1 aromatic carbocycles. The van der Waals surface area contributed by atoms with Crippen molar-refractivity contribution in [2.45, 2.75) is 45.6 Å². The molecule has 0 unspecified atom stereocenters. The molecule has 2 rings (SSSR count). The summed E-state index contributed by atoms with van der Waals surface area (Å²) in [6, 6.07) is 8.97.